The summed E-state index contributed by atoms with van der Waals surface area (Å²) in [6.45, 7) is 0. The van der Waals surface area contributed by atoms with E-state index in [1.54, 1.807) is 49.6 Å². The maximum atomic E-state index is 12.5. The fourth-order valence-corrected chi connectivity index (χ4v) is 4.10. The quantitative estimate of drug-likeness (QED) is 0.326. The van der Waals surface area contributed by atoms with Crippen LogP contribution in [0.15, 0.2) is 78.0 Å². The number of ether oxygens (including phenoxy) is 1. The van der Waals surface area contributed by atoms with E-state index in [0.717, 1.165) is 17.0 Å². The minimum absolute atomic E-state index is 0.153. The van der Waals surface area contributed by atoms with Crippen LogP contribution in [-0.4, -0.2) is 33.5 Å². The number of rotatable bonds is 7. The Hall–Kier alpha value is -3.00. The van der Waals surface area contributed by atoms with E-state index in [2.05, 4.69) is 15.5 Å². The van der Waals surface area contributed by atoms with Crippen molar-refractivity contribution >= 4 is 46.6 Å². The molecule has 162 valence electrons. The van der Waals surface area contributed by atoms with Crippen molar-refractivity contribution in [3.05, 3.63) is 82.8 Å². The summed E-state index contributed by atoms with van der Waals surface area (Å²) < 4.78 is 7.00. The number of amides is 1. The van der Waals surface area contributed by atoms with Crippen molar-refractivity contribution in [3.63, 3.8) is 0 Å². The Morgan fingerprint density at radius 2 is 1.72 bits per heavy atom. The Morgan fingerprint density at radius 1 is 1.00 bits per heavy atom. The molecule has 0 aliphatic heterocycles. The first-order valence-electron chi connectivity index (χ1n) is 9.58. The standard InChI is InChI=1S/C23H18Cl2N4O2S/c1-31-18-12-8-16(9-13-18)26-21(30)14-32-23-28-27-22(19-4-2-3-5-20(19)25)29(23)17-10-6-15(24)7-11-17/h2-13H,14H2,1H3,(H,26,30). The minimum atomic E-state index is -0.162. The summed E-state index contributed by atoms with van der Waals surface area (Å²) >= 11 is 13.8. The summed E-state index contributed by atoms with van der Waals surface area (Å²) in [6.07, 6.45) is 0. The smallest absolute Gasteiger partial charge is 0.234 e. The van der Waals surface area contributed by atoms with E-state index in [9.17, 15) is 4.79 Å². The van der Waals surface area contributed by atoms with E-state index >= 15 is 0 Å². The topological polar surface area (TPSA) is 69.0 Å². The lowest BCUT2D eigenvalue weighted by atomic mass is 10.2. The monoisotopic (exact) mass is 484 g/mol. The molecule has 0 aliphatic carbocycles. The van der Waals surface area contributed by atoms with Gasteiger partial charge in [-0.05, 0) is 60.7 Å². The summed E-state index contributed by atoms with van der Waals surface area (Å²) in [7, 11) is 1.60. The van der Waals surface area contributed by atoms with Gasteiger partial charge in [0, 0.05) is 22.0 Å². The second-order valence-corrected chi connectivity index (χ2v) is 8.45. The van der Waals surface area contributed by atoms with Crippen LogP contribution in [-0.2, 0) is 4.79 Å². The second-order valence-electron chi connectivity index (χ2n) is 6.66. The molecule has 0 aliphatic rings. The van der Waals surface area contributed by atoms with Gasteiger partial charge in [0.2, 0.25) is 5.91 Å². The van der Waals surface area contributed by atoms with E-state index in [-0.39, 0.29) is 11.7 Å². The molecule has 0 saturated heterocycles. The lowest BCUT2D eigenvalue weighted by Crippen LogP contribution is -2.14. The van der Waals surface area contributed by atoms with Gasteiger partial charge >= 0.3 is 0 Å². The van der Waals surface area contributed by atoms with Crippen LogP contribution in [0.25, 0.3) is 17.1 Å². The fraction of sp³-hybridized carbons (Fsp3) is 0.0870. The number of methoxy groups -OCH3 is 1. The lowest BCUT2D eigenvalue weighted by Gasteiger charge is -2.11. The fourth-order valence-electron chi connectivity index (χ4n) is 3.00. The van der Waals surface area contributed by atoms with Gasteiger partial charge < -0.3 is 10.1 Å². The van der Waals surface area contributed by atoms with Crippen LogP contribution in [0.2, 0.25) is 10.0 Å². The molecule has 0 atom stereocenters. The zero-order valence-corrected chi connectivity index (χ0v) is 19.3. The Balaban J connectivity index is 1.58. The molecule has 0 unspecified atom stereocenters. The average molecular weight is 485 g/mol. The first kappa shape index (κ1) is 22.2. The Bertz CT molecular complexity index is 1230. The van der Waals surface area contributed by atoms with Crippen LogP contribution in [0.1, 0.15) is 0 Å². The van der Waals surface area contributed by atoms with Gasteiger partial charge in [0.1, 0.15) is 5.75 Å². The van der Waals surface area contributed by atoms with Gasteiger partial charge in [0.05, 0.1) is 17.9 Å². The van der Waals surface area contributed by atoms with Gasteiger partial charge in [-0.1, -0.05) is 47.1 Å². The molecule has 4 aromatic rings. The van der Waals surface area contributed by atoms with Gasteiger partial charge in [0.15, 0.2) is 11.0 Å². The van der Waals surface area contributed by atoms with Crippen molar-refractivity contribution in [1.82, 2.24) is 14.8 Å². The molecule has 1 heterocycles. The van der Waals surface area contributed by atoms with E-state index in [1.165, 1.54) is 11.8 Å². The molecule has 4 rings (SSSR count). The summed E-state index contributed by atoms with van der Waals surface area (Å²) in [5.74, 6) is 1.29. The molecular weight excluding hydrogens is 467 g/mol. The predicted octanol–water partition coefficient (Wildman–Crippen LogP) is 5.98. The van der Waals surface area contributed by atoms with E-state index < -0.39 is 0 Å². The van der Waals surface area contributed by atoms with Gasteiger partial charge in [0.25, 0.3) is 0 Å². The first-order valence-corrected chi connectivity index (χ1v) is 11.3. The Kier molecular flexibility index (Phi) is 6.99. The molecule has 1 aromatic heterocycles. The van der Waals surface area contributed by atoms with Gasteiger partial charge in [-0.25, -0.2) is 0 Å². The van der Waals surface area contributed by atoms with E-state index in [1.807, 2.05) is 34.9 Å². The third-order valence-corrected chi connectivity index (χ3v) is 6.05. The van der Waals surface area contributed by atoms with Crippen LogP contribution < -0.4 is 10.1 Å². The molecule has 0 saturated carbocycles. The number of benzene rings is 3. The largest absolute Gasteiger partial charge is 0.497 e. The van der Waals surface area contributed by atoms with E-state index in [4.69, 9.17) is 27.9 Å². The van der Waals surface area contributed by atoms with Gasteiger partial charge in [-0.15, -0.1) is 10.2 Å². The molecule has 0 bridgehead atoms. The third-order valence-electron chi connectivity index (χ3n) is 4.54. The van der Waals surface area contributed by atoms with Crippen molar-refractivity contribution < 1.29 is 9.53 Å². The minimum Gasteiger partial charge on any atom is -0.497 e. The van der Waals surface area contributed by atoms with Crippen molar-refractivity contribution in [2.45, 2.75) is 5.16 Å². The van der Waals surface area contributed by atoms with Crippen molar-refractivity contribution in [3.8, 4) is 22.8 Å². The summed E-state index contributed by atoms with van der Waals surface area (Å²) in [6, 6.07) is 21.9. The van der Waals surface area contributed by atoms with Crippen LogP contribution in [0, 0.1) is 0 Å². The average Bonchev–Trinajstić information content (AvgIpc) is 3.23. The molecule has 9 heteroatoms. The molecule has 32 heavy (non-hydrogen) atoms. The molecule has 0 radical (unpaired) electrons. The highest BCUT2D eigenvalue weighted by Crippen LogP contribution is 2.32. The first-order chi connectivity index (χ1) is 15.5. The van der Waals surface area contributed by atoms with Crippen LogP contribution in [0.5, 0.6) is 5.75 Å². The zero-order valence-electron chi connectivity index (χ0n) is 17.0. The van der Waals surface area contributed by atoms with Crippen LogP contribution in [0.3, 0.4) is 0 Å². The predicted molar refractivity (Wildman–Crippen MR) is 129 cm³/mol. The number of nitrogens with zero attached hydrogens (tertiary/aromatic N) is 3. The van der Waals surface area contributed by atoms with E-state index in [0.29, 0.717) is 26.7 Å². The molecular formula is C23H18Cl2N4O2S. The molecule has 0 fully saturated rings. The maximum absolute atomic E-state index is 12.5. The second kappa shape index (κ2) is 10.1. The summed E-state index contributed by atoms with van der Waals surface area (Å²) in [4.78, 5) is 12.5. The number of nitrogens with one attached hydrogen (secondary N) is 1. The van der Waals surface area contributed by atoms with Crippen LogP contribution in [0.4, 0.5) is 5.69 Å². The highest BCUT2D eigenvalue weighted by molar-refractivity contribution is 7.99. The Labute approximate surface area is 199 Å². The van der Waals surface area contributed by atoms with Crippen LogP contribution >= 0.6 is 35.0 Å². The number of hydrogen-bond donors (Lipinski definition) is 1. The van der Waals surface area contributed by atoms with Crippen molar-refractivity contribution in [1.29, 1.82) is 0 Å². The highest BCUT2D eigenvalue weighted by Gasteiger charge is 2.19. The SMILES string of the molecule is COc1ccc(NC(=O)CSc2nnc(-c3ccccc3Cl)n2-c2ccc(Cl)cc2)cc1. The maximum Gasteiger partial charge on any atom is 0.234 e. The van der Waals surface area contributed by atoms with Crippen molar-refractivity contribution in [2.24, 2.45) is 0 Å². The van der Waals surface area contributed by atoms with Gasteiger partial charge in [-0.2, -0.15) is 0 Å². The zero-order chi connectivity index (χ0) is 22.5. The molecule has 3 aromatic carbocycles. The molecule has 1 amide bonds. The molecule has 1 N–H and O–H groups in total. The Morgan fingerprint density at radius 3 is 2.41 bits per heavy atom. The lowest BCUT2D eigenvalue weighted by molar-refractivity contribution is -0.113. The van der Waals surface area contributed by atoms with Crippen molar-refractivity contribution in [2.75, 3.05) is 18.2 Å². The van der Waals surface area contributed by atoms with Gasteiger partial charge in [-0.3, -0.25) is 9.36 Å². The number of thioether (sulfide) groups is 1. The number of halogens is 2. The highest BCUT2D eigenvalue weighted by atomic mass is 35.5. The molecule has 0 spiro atoms. The number of anilines is 1. The summed E-state index contributed by atoms with van der Waals surface area (Å²) in [5.41, 5.74) is 2.24. The number of hydrogen-bond acceptors (Lipinski definition) is 5. The number of aromatic nitrogens is 3. The summed E-state index contributed by atoms with van der Waals surface area (Å²) in [5, 5.41) is 13.3. The normalized spacial score (nSPS) is 10.7. The number of carbonyl (C=O) groups is 1. The molecule has 6 nitrogen and oxygen atoms in total. The number of carbonyl (C=O) groups excluding carboxylic acids is 1. The third kappa shape index (κ3) is 5.07.